The highest BCUT2D eigenvalue weighted by Crippen LogP contribution is 2.15. The van der Waals surface area contributed by atoms with E-state index < -0.39 is 0 Å². The molecule has 0 saturated heterocycles. The Morgan fingerprint density at radius 2 is 1.43 bits per heavy atom. The van der Waals surface area contributed by atoms with Crippen LogP contribution in [0.2, 0.25) is 5.02 Å². The van der Waals surface area contributed by atoms with Gasteiger partial charge in [0, 0.05) is 5.02 Å². The first-order chi connectivity index (χ1) is 11.0. The van der Waals surface area contributed by atoms with Gasteiger partial charge < -0.3 is 0 Å². The van der Waals surface area contributed by atoms with Crippen LogP contribution in [0.3, 0.4) is 0 Å². The second kappa shape index (κ2) is 15.4. The summed E-state index contributed by atoms with van der Waals surface area (Å²) in [6.45, 7) is 17.9. The minimum absolute atomic E-state index is 0.856. The fourth-order valence-electron chi connectivity index (χ4n) is 1.69. The lowest BCUT2D eigenvalue weighted by molar-refractivity contribution is 1.22. The molecule has 0 aliphatic heterocycles. The Balaban J connectivity index is 0. The Labute approximate surface area is 149 Å². The van der Waals surface area contributed by atoms with E-state index in [0.29, 0.717) is 0 Å². The van der Waals surface area contributed by atoms with Gasteiger partial charge in [-0.1, -0.05) is 81.8 Å². The van der Waals surface area contributed by atoms with Crippen LogP contribution in [-0.4, -0.2) is 0 Å². The molecule has 2 aromatic rings. The van der Waals surface area contributed by atoms with Crippen LogP contribution in [0, 0.1) is 20.8 Å². The zero-order chi connectivity index (χ0) is 18.3. The molecule has 1 heteroatoms. The van der Waals surface area contributed by atoms with Gasteiger partial charge in [0.2, 0.25) is 0 Å². The summed E-state index contributed by atoms with van der Waals surface area (Å²) in [5.74, 6) is 0. The fraction of sp³-hybridized carbons (Fsp3) is 0.364. The molecule has 0 radical (unpaired) electrons. The number of halogens is 1. The van der Waals surface area contributed by atoms with Gasteiger partial charge in [-0.05, 0) is 55.5 Å². The van der Waals surface area contributed by atoms with E-state index in [1.165, 1.54) is 16.7 Å². The normalized spacial score (nSPS) is 8.35. The Morgan fingerprint density at radius 3 is 1.87 bits per heavy atom. The third kappa shape index (κ3) is 10.8. The maximum absolute atomic E-state index is 5.81. The molecule has 0 bridgehead atoms. The van der Waals surface area contributed by atoms with Crippen molar-refractivity contribution in [2.45, 2.75) is 54.9 Å². The molecule has 0 fully saturated rings. The van der Waals surface area contributed by atoms with E-state index in [9.17, 15) is 0 Å². The lowest BCUT2D eigenvalue weighted by Gasteiger charge is -1.99. The SMILES string of the molecule is C=CCc1ccccc1C.CC.CC.Cc1ccc(C)c(Cl)c1. The molecule has 128 valence electrons. The third-order valence-electron chi connectivity index (χ3n) is 2.95. The van der Waals surface area contributed by atoms with Crippen molar-refractivity contribution in [2.75, 3.05) is 0 Å². The average molecular weight is 333 g/mol. The van der Waals surface area contributed by atoms with E-state index in [2.05, 4.69) is 43.8 Å². The van der Waals surface area contributed by atoms with Crippen molar-refractivity contribution in [1.82, 2.24) is 0 Å². The minimum Gasteiger partial charge on any atom is -0.103 e. The Kier molecular flexibility index (Phi) is 15.9. The van der Waals surface area contributed by atoms with Crippen LogP contribution in [-0.2, 0) is 6.42 Å². The summed E-state index contributed by atoms with van der Waals surface area (Å²) >= 11 is 5.81. The molecule has 0 atom stereocenters. The molecule has 0 spiro atoms. The van der Waals surface area contributed by atoms with Crippen molar-refractivity contribution in [1.29, 1.82) is 0 Å². The van der Waals surface area contributed by atoms with Gasteiger partial charge in [0.25, 0.3) is 0 Å². The summed E-state index contributed by atoms with van der Waals surface area (Å²) in [6.07, 6.45) is 2.91. The molecule has 0 nitrogen and oxygen atoms in total. The molecule has 0 saturated carbocycles. The lowest BCUT2D eigenvalue weighted by atomic mass is 10.1. The van der Waals surface area contributed by atoms with E-state index in [-0.39, 0.29) is 0 Å². The van der Waals surface area contributed by atoms with Crippen LogP contribution in [0.1, 0.15) is 49.9 Å². The van der Waals surface area contributed by atoms with Gasteiger partial charge in [-0.2, -0.15) is 0 Å². The monoisotopic (exact) mass is 332 g/mol. The summed E-state index contributed by atoms with van der Waals surface area (Å²) < 4.78 is 0. The van der Waals surface area contributed by atoms with Crippen molar-refractivity contribution in [3.63, 3.8) is 0 Å². The molecule has 0 aliphatic carbocycles. The van der Waals surface area contributed by atoms with Crippen LogP contribution in [0.5, 0.6) is 0 Å². The number of hydrogen-bond donors (Lipinski definition) is 0. The molecule has 0 aromatic heterocycles. The molecular formula is C22H33Cl. The summed E-state index contributed by atoms with van der Waals surface area (Å²) in [5, 5.41) is 0.856. The van der Waals surface area contributed by atoms with E-state index in [0.717, 1.165) is 17.0 Å². The van der Waals surface area contributed by atoms with E-state index in [1.807, 2.05) is 59.8 Å². The topological polar surface area (TPSA) is 0 Å². The summed E-state index contributed by atoms with van der Waals surface area (Å²) in [4.78, 5) is 0. The van der Waals surface area contributed by atoms with Crippen molar-refractivity contribution in [3.8, 4) is 0 Å². The van der Waals surface area contributed by atoms with Gasteiger partial charge in [-0.15, -0.1) is 6.58 Å². The molecular weight excluding hydrogens is 300 g/mol. The molecule has 0 aliphatic rings. The number of benzene rings is 2. The van der Waals surface area contributed by atoms with Gasteiger partial charge in [0.15, 0.2) is 0 Å². The van der Waals surface area contributed by atoms with Gasteiger partial charge in [-0.3, -0.25) is 0 Å². The van der Waals surface area contributed by atoms with Crippen LogP contribution in [0.15, 0.2) is 55.1 Å². The first kappa shape index (κ1) is 23.7. The Hall–Kier alpha value is -1.53. The van der Waals surface area contributed by atoms with Gasteiger partial charge in [-0.25, -0.2) is 0 Å². The minimum atomic E-state index is 0.856. The summed E-state index contributed by atoms with van der Waals surface area (Å²) in [7, 11) is 0. The number of allylic oxidation sites excluding steroid dienone is 1. The molecule has 0 amide bonds. The molecule has 2 rings (SSSR count). The fourth-order valence-corrected chi connectivity index (χ4v) is 1.93. The van der Waals surface area contributed by atoms with Crippen LogP contribution >= 0.6 is 11.6 Å². The molecule has 0 heterocycles. The average Bonchev–Trinajstić information content (AvgIpc) is 2.58. The first-order valence-corrected chi connectivity index (χ1v) is 8.80. The van der Waals surface area contributed by atoms with Crippen LogP contribution in [0.25, 0.3) is 0 Å². The molecule has 23 heavy (non-hydrogen) atoms. The predicted molar refractivity (Wildman–Crippen MR) is 109 cm³/mol. The maximum Gasteiger partial charge on any atom is 0.0437 e. The Bertz CT molecular complexity index is 541. The van der Waals surface area contributed by atoms with Crippen molar-refractivity contribution in [3.05, 3.63) is 82.4 Å². The highest BCUT2D eigenvalue weighted by Gasteiger charge is 1.91. The second-order valence-corrected chi connectivity index (χ2v) is 5.08. The third-order valence-corrected chi connectivity index (χ3v) is 3.36. The van der Waals surface area contributed by atoms with Crippen LogP contribution < -0.4 is 0 Å². The van der Waals surface area contributed by atoms with Crippen LogP contribution in [0.4, 0.5) is 0 Å². The number of hydrogen-bond acceptors (Lipinski definition) is 0. The maximum atomic E-state index is 5.81. The summed E-state index contributed by atoms with van der Waals surface area (Å²) in [6, 6.07) is 14.4. The highest BCUT2D eigenvalue weighted by molar-refractivity contribution is 6.31. The highest BCUT2D eigenvalue weighted by atomic mass is 35.5. The standard InChI is InChI=1S/C10H12.C8H9Cl.2C2H6/c1-3-6-10-8-5-4-7-9(10)2;1-6-3-4-7(2)8(9)5-6;2*1-2/h3-5,7-8H,1,6H2,2H3;3-5H,1-2H3;2*1-2H3. The van der Waals surface area contributed by atoms with Crippen molar-refractivity contribution >= 4 is 11.6 Å². The first-order valence-electron chi connectivity index (χ1n) is 8.42. The van der Waals surface area contributed by atoms with Crippen molar-refractivity contribution in [2.24, 2.45) is 0 Å². The molecule has 0 unspecified atom stereocenters. The molecule has 2 aromatic carbocycles. The van der Waals surface area contributed by atoms with Gasteiger partial charge >= 0.3 is 0 Å². The lowest BCUT2D eigenvalue weighted by Crippen LogP contribution is -1.83. The largest absolute Gasteiger partial charge is 0.103 e. The van der Waals surface area contributed by atoms with E-state index in [1.54, 1.807) is 0 Å². The van der Waals surface area contributed by atoms with E-state index in [4.69, 9.17) is 11.6 Å². The Morgan fingerprint density at radius 1 is 0.870 bits per heavy atom. The predicted octanol–water partition coefficient (Wildman–Crippen LogP) is 7.73. The van der Waals surface area contributed by atoms with Crippen molar-refractivity contribution < 1.29 is 0 Å². The van der Waals surface area contributed by atoms with E-state index >= 15 is 0 Å². The quantitative estimate of drug-likeness (QED) is 0.493. The van der Waals surface area contributed by atoms with Gasteiger partial charge in [0.05, 0.1) is 0 Å². The number of rotatable bonds is 2. The second-order valence-electron chi connectivity index (χ2n) is 4.67. The smallest absolute Gasteiger partial charge is 0.0437 e. The zero-order valence-corrected chi connectivity index (χ0v) is 16.7. The van der Waals surface area contributed by atoms with Gasteiger partial charge in [0.1, 0.15) is 0 Å². The number of aryl methyl sites for hydroxylation is 3. The molecule has 0 N–H and O–H groups in total. The summed E-state index contributed by atoms with van der Waals surface area (Å²) in [5.41, 5.74) is 5.08. The zero-order valence-electron chi connectivity index (χ0n) is 15.9.